The average Bonchev–Trinajstić information content (AvgIpc) is 2.67. The maximum absolute atomic E-state index is 13.0. The zero-order valence-electron chi connectivity index (χ0n) is 14.5. The molecule has 0 fully saturated rings. The molecule has 0 unspecified atom stereocenters. The summed E-state index contributed by atoms with van der Waals surface area (Å²) >= 11 is 0. The van der Waals surface area contributed by atoms with Gasteiger partial charge in [-0.25, -0.2) is 0 Å². The molecule has 0 saturated carbocycles. The van der Waals surface area contributed by atoms with Crippen LogP contribution in [0.2, 0.25) is 0 Å². The van der Waals surface area contributed by atoms with E-state index in [2.05, 4.69) is 4.98 Å². The number of carbonyl (C=O) groups excluding carboxylic acids is 1. The van der Waals surface area contributed by atoms with E-state index in [4.69, 9.17) is 4.74 Å². The fourth-order valence-electron chi connectivity index (χ4n) is 2.75. The zero-order valence-corrected chi connectivity index (χ0v) is 14.5. The van der Waals surface area contributed by atoms with Crippen molar-refractivity contribution in [3.05, 3.63) is 94.8 Å². The number of rotatable bonds is 6. The molecule has 0 bridgehead atoms. The third-order valence-electron chi connectivity index (χ3n) is 4.08. The number of ether oxygens (including phenoxy) is 1. The van der Waals surface area contributed by atoms with Gasteiger partial charge in [0.2, 0.25) is 0 Å². The van der Waals surface area contributed by atoms with Gasteiger partial charge in [-0.2, -0.15) is 0 Å². The van der Waals surface area contributed by atoms with Crippen molar-refractivity contribution in [2.45, 2.75) is 26.9 Å². The predicted octanol–water partition coefficient (Wildman–Crippen LogP) is 4.76. The Hall–Kier alpha value is -2.94. The second kappa shape index (κ2) is 7.75. The first-order valence-electron chi connectivity index (χ1n) is 8.46. The Labute approximate surface area is 148 Å². The first-order valence-corrected chi connectivity index (χ1v) is 8.46. The summed E-state index contributed by atoms with van der Waals surface area (Å²) in [7, 11) is 0. The van der Waals surface area contributed by atoms with Gasteiger partial charge in [-0.15, -0.1) is 0 Å². The molecule has 1 heterocycles. The molecule has 3 aromatic rings. The normalized spacial score (nSPS) is 10.5. The monoisotopic (exact) mass is 331 g/mol. The number of nitrogens with zero attached hydrogens (tertiary/aromatic N) is 1. The number of ketones is 1. The van der Waals surface area contributed by atoms with Gasteiger partial charge in [0.25, 0.3) is 0 Å². The van der Waals surface area contributed by atoms with E-state index in [9.17, 15) is 4.79 Å². The Morgan fingerprint density at radius 1 is 1.00 bits per heavy atom. The van der Waals surface area contributed by atoms with Crippen molar-refractivity contribution in [1.29, 1.82) is 0 Å². The summed E-state index contributed by atoms with van der Waals surface area (Å²) in [6.07, 6.45) is 0.794. The van der Waals surface area contributed by atoms with Crippen LogP contribution in [0, 0.1) is 6.92 Å². The molecule has 0 atom stereocenters. The Morgan fingerprint density at radius 3 is 2.28 bits per heavy atom. The molecule has 0 aliphatic heterocycles. The minimum atomic E-state index is -0.0590. The summed E-state index contributed by atoms with van der Waals surface area (Å²) in [5, 5.41) is 0. The second-order valence-corrected chi connectivity index (χ2v) is 5.90. The molecule has 25 heavy (non-hydrogen) atoms. The van der Waals surface area contributed by atoms with Crippen LogP contribution in [0.25, 0.3) is 0 Å². The van der Waals surface area contributed by atoms with Gasteiger partial charge < -0.3 is 4.74 Å². The molecular formula is C22H21NO2. The van der Waals surface area contributed by atoms with E-state index in [1.807, 2.05) is 80.6 Å². The molecule has 1 aromatic heterocycles. The van der Waals surface area contributed by atoms with Gasteiger partial charge in [0, 0.05) is 17.3 Å². The van der Waals surface area contributed by atoms with Crippen LogP contribution in [-0.2, 0) is 13.0 Å². The molecule has 0 aliphatic rings. The first kappa shape index (κ1) is 16.9. The van der Waals surface area contributed by atoms with E-state index >= 15 is 0 Å². The van der Waals surface area contributed by atoms with E-state index in [1.165, 1.54) is 0 Å². The largest absolute Gasteiger partial charge is 0.488 e. The van der Waals surface area contributed by atoms with Crippen molar-refractivity contribution in [2.24, 2.45) is 0 Å². The number of aromatic nitrogens is 1. The maximum atomic E-state index is 13.0. The van der Waals surface area contributed by atoms with Gasteiger partial charge in [0.1, 0.15) is 12.4 Å². The summed E-state index contributed by atoms with van der Waals surface area (Å²) in [4.78, 5) is 17.5. The van der Waals surface area contributed by atoms with E-state index in [1.54, 1.807) is 0 Å². The molecule has 0 N–H and O–H groups in total. The number of carbonyl (C=O) groups is 1. The molecule has 0 radical (unpaired) electrons. The van der Waals surface area contributed by atoms with Gasteiger partial charge in [0.05, 0.1) is 11.3 Å². The molecule has 126 valence electrons. The van der Waals surface area contributed by atoms with Crippen molar-refractivity contribution in [1.82, 2.24) is 4.98 Å². The molecule has 3 rings (SSSR count). The number of benzene rings is 2. The lowest BCUT2D eigenvalue weighted by Crippen LogP contribution is -2.10. The molecule has 0 amide bonds. The van der Waals surface area contributed by atoms with Crippen LogP contribution in [0.4, 0.5) is 0 Å². The molecule has 3 heteroatoms. The quantitative estimate of drug-likeness (QED) is 0.611. The third-order valence-corrected chi connectivity index (χ3v) is 4.08. The standard InChI is InChI=1S/C22H21NO2/c1-3-19-14-20(25-15-17-10-6-4-7-11-17)21(16(2)23-19)22(24)18-12-8-5-9-13-18/h4-14H,3,15H2,1-2H3. The summed E-state index contributed by atoms with van der Waals surface area (Å²) < 4.78 is 6.03. The Morgan fingerprint density at radius 2 is 1.64 bits per heavy atom. The van der Waals surface area contributed by atoms with Crippen molar-refractivity contribution < 1.29 is 9.53 Å². The van der Waals surface area contributed by atoms with Crippen LogP contribution in [-0.4, -0.2) is 10.8 Å². The van der Waals surface area contributed by atoms with E-state index in [0.717, 1.165) is 17.7 Å². The lowest BCUT2D eigenvalue weighted by molar-refractivity contribution is 0.103. The molecule has 0 saturated heterocycles. The summed E-state index contributed by atoms with van der Waals surface area (Å²) in [6.45, 7) is 4.33. The van der Waals surface area contributed by atoms with Gasteiger partial charge in [-0.05, 0) is 18.9 Å². The van der Waals surface area contributed by atoms with Crippen molar-refractivity contribution in [3.8, 4) is 5.75 Å². The predicted molar refractivity (Wildman–Crippen MR) is 99.0 cm³/mol. The van der Waals surface area contributed by atoms with Gasteiger partial charge >= 0.3 is 0 Å². The highest BCUT2D eigenvalue weighted by Crippen LogP contribution is 2.26. The number of pyridine rings is 1. The Balaban J connectivity index is 1.97. The van der Waals surface area contributed by atoms with Crippen LogP contribution in [0.5, 0.6) is 5.75 Å². The van der Waals surface area contributed by atoms with Gasteiger partial charge in [-0.1, -0.05) is 67.6 Å². The van der Waals surface area contributed by atoms with Crippen LogP contribution in [0.1, 0.15) is 39.8 Å². The van der Waals surface area contributed by atoms with Crippen LogP contribution in [0.15, 0.2) is 66.7 Å². The van der Waals surface area contributed by atoms with E-state index < -0.39 is 0 Å². The minimum absolute atomic E-state index is 0.0590. The second-order valence-electron chi connectivity index (χ2n) is 5.90. The maximum Gasteiger partial charge on any atom is 0.198 e. The third kappa shape index (κ3) is 3.94. The summed E-state index contributed by atoms with van der Waals surface area (Å²) in [5.41, 5.74) is 3.87. The Bertz CT molecular complexity index is 858. The van der Waals surface area contributed by atoms with E-state index in [-0.39, 0.29) is 5.78 Å². The molecule has 0 aliphatic carbocycles. The van der Waals surface area contributed by atoms with Crippen molar-refractivity contribution in [3.63, 3.8) is 0 Å². The Kier molecular flexibility index (Phi) is 5.24. The van der Waals surface area contributed by atoms with Gasteiger partial charge in [0.15, 0.2) is 5.78 Å². The molecular weight excluding hydrogens is 310 g/mol. The SMILES string of the molecule is CCc1cc(OCc2ccccc2)c(C(=O)c2ccccc2)c(C)n1. The average molecular weight is 331 g/mol. The lowest BCUT2D eigenvalue weighted by atomic mass is 10.0. The van der Waals surface area contributed by atoms with Crippen molar-refractivity contribution >= 4 is 5.78 Å². The van der Waals surface area contributed by atoms with Gasteiger partial charge in [-0.3, -0.25) is 9.78 Å². The van der Waals surface area contributed by atoms with Crippen LogP contribution >= 0.6 is 0 Å². The highest BCUT2D eigenvalue weighted by Gasteiger charge is 2.19. The fourth-order valence-corrected chi connectivity index (χ4v) is 2.75. The topological polar surface area (TPSA) is 39.2 Å². The number of hydrogen-bond donors (Lipinski definition) is 0. The summed E-state index contributed by atoms with van der Waals surface area (Å²) in [6, 6.07) is 21.1. The van der Waals surface area contributed by atoms with Crippen molar-refractivity contribution in [2.75, 3.05) is 0 Å². The van der Waals surface area contributed by atoms with Crippen LogP contribution in [0.3, 0.4) is 0 Å². The lowest BCUT2D eigenvalue weighted by Gasteiger charge is -2.14. The smallest absolute Gasteiger partial charge is 0.198 e. The highest BCUT2D eigenvalue weighted by atomic mass is 16.5. The first-order chi connectivity index (χ1) is 12.2. The number of aryl methyl sites for hydroxylation is 2. The van der Waals surface area contributed by atoms with Crippen LogP contribution < -0.4 is 4.74 Å². The molecule has 2 aromatic carbocycles. The minimum Gasteiger partial charge on any atom is -0.488 e. The highest BCUT2D eigenvalue weighted by molar-refractivity contribution is 6.11. The van der Waals surface area contributed by atoms with E-state index in [0.29, 0.717) is 29.2 Å². The number of hydrogen-bond acceptors (Lipinski definition) is 3. The zero-order chi connectivity index (χ0) is 17.6. The summed E-state index contributed by atoms with van der Waals surface area (Å²) in [5.74, 6) is 0.540. The molecule has 3 nitrogen and oxygen atoms in total. The molecule has 0 spiro atoms. The fraction of sp³-hybridized carbons (Fsp3) is 0.182.